The molecule has 0 aliphatic rings. The molecule has 3 heteroatoms. The van der Waals surface area contributed by atoms with E-state index >= 15 is 0 Å². The third kappa shape index (κ3) is 3.49. The van der Waals surface area contributed by atoms with Crippen molar-refractivity contribution in [2.45, 2.75) is 33.1 Å². The van der Waals surface area contributed by atoms with E-state index in [2.05, 4.69) is 13.0 Å². The van der Waals surface area contributed by atoms with Crippen molar-refractivity contribution in [2.24, 2.45) is 5.92 Å². The Kier molecular flexibility index (Phi) is 5.69. The standard InChI is InChI=1S/C15H22O3/c1-5-12-9-11(7-8-14(12)17-3)10-13(6-2)15(16)18-4/h7-9,13H,5-6,10H2,1-4H3. The van der Waals surface area contributed by atoms with Crippen LogP contribution in [0.2, 0.25) is 0 Å². The van der Waals surface area contributed by atoms with Gasteiger partial charge < -0.3 is 9.47 Å². The maximum atomic E-state index is 11.6. The summed E-state index contributed by atoms with van der Waals surface area (Å²) in [7, 11) is 3.12. The fourth-order valence-electron chi connectivity index (χ4n) is 2.08. The Bertz CT molecular complexity index is 399. The molecule has 1 atom stereocenters. The molecular formula is C15H22O3. The van der Waals surface area contributed by atoms with Gasteiger partial charge in [-0.2, -0.15) is 0 Å². The Hall–Kier alpha value is -1.51. The molecule has 0 aromatic heterocycles. The summed E-state index contributed by atoms with van der Waals surface area (Å²) in [5.41, 5.74) is 2.33. The molecule has 1 aromatic rings. The molecule has 0 N–H and O–H groups in total. The molecule has 0 fully saturated rings. The van der Waals surface area contributed by atoms with Crippen LogP contribution in [0, 0.1) is 5.92 Å². The van der Waals surface area contributed by atoms with Crippen molar-refractivity contribution < 1.29 is 14.3 Å². The molecule has 1 aromatic carbocycles. The van der Waals surface area contributed by atoms with E-state index in [-0.39, 0.29) is 11.9 Å². The number of ether oxygens (including phenoxy) is 2. The third-order valence-corrected chi connectivity index (χ3v) is 3.24. The second-order valence-corrected chi connectivity index (χ2v) is 4.33. The van der Waals surface area contributed by atoms with E-state index in [4.69, 9.17) is 9.47 Å². The third-order valence-electron chi connectivity index (χ3n) is 3.24. The van der Waals surface area contributed by atoms with Crippen LogP contribution in [-0.4, -0.2) is 20.2 Å². The molecule has 0 spiro atoms. The van der Waals surface area contributed by atoms with Gasteiger partial charge >= 0.3 is 5.97 Å². The van der Waals surface area contributed by atoms with Crippen LogP contribution >= 0.6 is 0 Å². The minimum Gasteiger partial charge on any atom is -0.496 e. The van der Waals surface area contributed by atoms with E-state index in [1.54, 1.807) is 7.11 Å². The van der Waals surface area contributed by atoms with Crippen LogP contribution in [-0.2, 0) is 22.4 Å². The molecule has 0 aliphatic heterocycles. The zero-order valence-corrected chi connectivity index (χ0v) is 11.7. The zero-order valence-electron chi connectivity index (χ0n) is 11.7. The fraction of sp³-hybridized carbons (Fsp3) is 0.533. The molecule has 0 bridgehead atoms. The van der Waals surface area contributed by atoms with E-state index in [0.717, 1.165) is 30.6 Å². The number of carbonyl (C=O) groups excluding carboxylic acids is 1. The summed E-state index contributed by atoms with van der Waals surface area (Å²) in [6.45, 7) is 4.10. The minimum absolute atomic E-state index is 0.0619. The van der Waals surface area contributed by atoms with Gasteiger partial charge in [0.2, 0.25) is 0 Å². The Balaban J connectivity index is 2.87. The highest BCUT2D eigenvalue weighted by molar-refractivity contribution is 5.72. The Morgan fingerprint density at radius 2 is 2.00 bits per heavy atom. The SMILES string of the molecule is CCc1cc(CC(CC)C(=O)OC)ccc1OC. The van der Waals surface area contributed by atoms with E-state index in [0.29, 0.717) is 0 Å². The first-order valence-corrected chi connectivity index (χ1v) is 6.39. The van der Waals surface area contributed by atoms with Crippen LogP contribution in [0.3, 0.4) is 0 Å². The van der Waals surface area contributed by atoms with Crippen molar-refractivity contribution in [3.63, 3.8) is 0 Å². The predicted molar refractivity (Wildman–Crippen MR) is 71.9 cm³/mol. The first-order chi connectivity index (χ1) is 8.65. The number of methoxy groups -OCH3 is 2. The van der Waals surface area contributed by atoms with Crippen LogP contribution < -0.4 is 4.74 Å². The topological polar surface area (TPSA) is 35.5 Å². The van der Waals surface area contributed by atoms with Gasteiger partial charge in [0.25, 0.3) is 0 Å². The van der Waals surface area contributed by atoms with Gasteiger partial charge in [-0.25, -0.2) is 0 Å². The predicted octanol–water partition coefficient (Wildman–Crippen LogP) is 3.00. The Morgan fingerprint density at radius 3 is 2.50 bits per heavy atom. The number of aryl methyl sites for hydroxylation is 1. The molecule has 0 heterocycles. The first kappa shape index (κ1) is 14.6. The van der Waals surface area contributed by atoms with Crippen molar-refractivity contribution in [1.29, 1.82) is 0 Å². The largest absolute Gasteiger partial charge is 0.496 e. The number of hydrogen-bond acceptors (Lipinski definition) is 3. The van der Waals surface area contributed by atoms with Crippen LogP contribution in [0.5, 0.6) is 5.75 Å². The average Bonchev–Trinajstić information content (AvgIpc) is 2.43. The van der Waals surface area contributed by atoms with Crippen molar-refractivity contribution in [3.8, 4) is 5.75 Å². The lowest BCUT2D eigenvalue weighted by atomic mass is 9.95. The van der Waals surface area contributed by atoms with Gasteiger partial charge in [0.15, 0.2) is 0 Å². The lowest BCUT2D eigenvalue weighted by molar-refractivity contribution is -0.145. The van der Waals surface area contributed by atoms with Crippen LogP contribution in [0.25, 0.3) is 0 Å². The Morgan fingerprint density at radius 1 is 1.28 bits per heavy atom. The number of esters is 1. The Labute approximate surface area is 109 Å². The summed E-state index contributed by atoms with van der Waals surface area (Å²) in [5, 5.41) is 0. The smallest absolute Gasteiger partial charge is 0.308 e. The molecule has 0 radical (unpaired) electrons. The van der Waals surface area contributed by atoms with E-state index in [1.165, 1.54) is 12.7 Å². The maximum absolute atomic E-state index is 11.6. The summed E-state index contributed by atoms with van der Waals surface area (Å²) >= 11 is 0. The van der Waals surface area contributed by atoms with Gasteiger partial charge in [0, 0.05) is 0 Å². The molecule has 0 aliphatic carbocycles. The maximum Gasteiger partial charge on any atom is 0.308 e. The van der Waals surface area contributed by atoms with E-state index in [9.17, 15) is 4.79 Å². The lowest BCUT2D eigenvalue weighted by Gasteiger charge is -2.14. The molecule has 3 nitrogen and oxygen atoms in total. The van der Waals surface area contributed by atoms with Crippen molar-refractivity contribution >= 4 is 5.97 Å². The van der Waals surface area contributed by atoms with E-state index < -0.39 is 0 Å². The second-order valence-electron chi connectivity index (χ2n) is 4.33. The molecule has 0 saturated heterocycles. The van der Waals surface area contributed by atoms with Gasteiger partial charge in [0.1, 0.15) is 5.75 Å². The highest BCUT2D eigenvalue weighted by Gasteiger charge is 2.17. The normalized spacial score (nSPS) is 12.0. The van der Waals surface area contributed by atoms with Crippen molar-refractivity contribution in [2.75, 3.05) is 14.2 Å². The first-order valence-electron chi connectivity index (χ1n) is 6.39. The van der Waals surface area contributed by atoms with Crippen LogP contribution in [0.1, 0.15) is 31.4 Å². The van der Waals surface area contributed by atoms with Gasteiger partial charge in [0.05, 0.1) is 20.1 Å². The average molecular weight is 250 g/mol. The number of hydrogen-bond donors (Lipinski definition) is 0. The van der Waals surface area contributed by atoms with Gasteiger partial charge in [-0.15, -0.1) is 0 Å². The van der Waals surface area contributed by atoms with Gasteiger partial charge in [-0.05, 0) is 36.5 Å². The van der Waals surface area contributed by atoms with Crippen LogP contribution in [0.4, 0.5) is 0 Å². The molecule has 18 heavy (non-hydrogen) atoms. The van der Waals surface area contributed by atoms with Gasteiger partial charge in [-0.1, -0.05) is 26.0 Å². The molecule has 0 saturated carbocycles. The summed E-state index contributed by atoms with van der Waals surface area (Å²) in [6, 6.07) is 6.10. The molecule has 0 amide bonds. The van der Waals surface area contributed by atoms with Crippen molar-refractivity contribution in [1.82, 2.24) is 0 Å². The number of rotatable bonds is 6. The highest BCUT2D eigenvalue weighted by Crippen LogP contribution is 2.23. The fourth-order valence-corrected chi connectivity index (χ4v) is 2.08. The number of benzene rings is 1. The summed E-state index contributed by atoms with van der Waals surface area (Å²) < 4.78 is 10.1. The molecule has 1 rings (SSSR count). The quantitative estimate of drug-likeness (QED) is 0.728. The lowest BCUT2D eigenvalue weighted by Crippen LogP contribution is -2.17. The molecule has 1 unspecified atom stereocenters. The number of carbonyl (C=O) groups is 1. The van der Waals surface area contributed by atoms with Crippen LogP contribution in [0.15, 0.2) is 18.2 Å². The zero-order chi connectivity index (χ0) is 13.5. The molecule has 100 valence electrons. The van der Waals surface area contributed by atoms with Crippen molar-refractivity contribution in [3.05, 3.63) is 29.3 Å². The monoisotopic (exact) mass is 250 g/mol. The highest BCUT2D eigenvalue weighted by atomic mass is 16.5. The van der Waals surface area contributed by atoms with E-state index in [1.807, 2.05) is 19.1 Å². The molecular weight excluding hydrogens is 228 g/mol. The summed E-state index contributed by atoms with van der Waals surface area (Å²) in [4.78, 5) is 11.6. The summed E-state index contributed by atoms with van der Waals surface area (Å²) in [5.74, 6) is 0.715. The summed E-state index contributed by atoms with van der Waals surface area (Å²) in [6.07, 6.45) is 2.44. The second kappa shape index (κ2) is 7.04. The minimum atomic E-state index is -0.133. The van der Waals surface area contributed by atoms with Gasteiger partial charge in [-0.3, -0.25) is 4.79 Å².